The van der Waals surface area contributed by atoms with Crippen molar-refractivity contribution in [3.05, 3.63) is 12.4 Å². The fourth-order valence-electron chi connectivity index (χ4n) is 3.68. The van der Waals surface area contributed by atoms with Crippen molar-refractivity contribution >= 4 is 5.95 Å². The zero-order chi connectivity index (χ0) is 12.9. The van der Waals surface area contributed by atoms with Gasteiger partial charge in [-0.1, -0.05) is 44.9 Å². The van der Waals surface area contributed by atoms with Gasteiger partial charge in [0.15, 0.2) is 0 Å². The molecule has 0 unspecified atom stereocenters. The minimum absolute atomic E-state index is 0.663. The number of hydrogen-bond donors (Lipinski definition) is 1. The molecule has 0 radical (unpaired) electrons. The average molecular weight is 261 g/mol. The Balaban J connectivity index is 1.51. The molecule has 3 heteroatoms. The Labute approximate surface area is 116 Å². The molecule has 0 atom stereocenters. The van der Waals surface area contributed by atoms with Crippen LogP contribution in [0.1, 0.15) is 64.2 Å². The summed E-state index contributed by atoms with van der Waals surface area (Å²) >= 11 is 0. The lowest BCUT2D eigenvalue weighted by Gasteiger charge is -2.22. The first-order chi connectivity index (χ1) is 9.42. The molecule has 1 aromatic heterocycles. The van der Waals surface area contributed by atoms with Gasteiger partial charge in [0.25, 0.3) is 0 Å². The molecule has 1 heterocycles. The minimum Gasteiger partial charge on any atom is -0.353 e. The highest BCUT2D eigenvalue weighted by Gasteiger charge is 2.17. The highest BCUT2D eigenvalue weighted by molar-refractivity contribution is 5.27. The van der Waals surface area contributed by atoms with Gasteiger partial charge in [0.2, 0.25) is 5.95 Å². The average Bonchev–Trinajstić information content (AvgIpc) is 3.10. The summed E-state index contributed by atoms with van der Waals surface area (Å²) in [5.41, 5.74) is 0. The Morgan fingerprint density at radius 2 is 1.79 bits per heavy atom. The van der Waals surface area contributed by atoms with Gasteiger partial charge in [0.05, 0.1) is 0 Å². The Morgan fingerprint density at radius 1 is 1.05 bits per heavy atom. The third-order valence-electron chi connectivity index (χ3n) is 4.91. The largest absolute Gasteiger partial charge is 0.353 e. The third kappa shape index (κ3) is 3.52. The van der Waals surface area contributed by atoms with Gasteiger partial charge in [-0.25, -0.2) is 4.98 Å². The van der Waals surface area contributed by atoms with Crippen LogP contribution in [-0.4, -0.2) is 15.6 Å². The molecule has 0 saturated heterocycles. The van der Waals surface area contributed by atoms with Gasteiger partial charge in [-0.2, -0.15) is 0 Å². The van der Waals surface area contributed by atoms with Crippen molar-refractivity contribution in [3.8, 4) is 0 Å². The highest BCUT2D eigenvalue weighted by Crippen LogP contribution is 2.27. The number of hydrogen-bond acceptors (Lipinski definition) is 2. The number of rotatable bonds is 5. The van der Waals surface area contributed by atoms with E-state index in [4.69, 9.17) is 0 Å². The Bertz CT molecular complexity index is 373. The molecule has 19 heavy (non-hydrogen) atoms. The lowest BCUT2D eigenvalue weighted by Crippen LogP contribution is -2.19. The number of imidazole rings is 1. The summed E-state index contributed by atoms with van der Waals surface area (Å²) in [5.74, 6) is 2.05. The quantitative estimate of drug-likeness (QED) is 0.860. The van der Waals surface area contributed by atoms with Gasteiger partial charge in [0.1, 0.15) is 0 Å². The maximum atomic E-state index is 4.50. The van der Waals surface area contributed by atoms with Gasteiger partial charge in [-0.15, -0.1) is 0 Å². The molecule has 0 aliphatic heterocycles. The molecular weight excluding hydrogens is 234 g/mol. The second-order valence-corrected chi connectivity index (χ2v) is 6.36. The fourth-order valence-corrected chi connectivity index (χ4v) is 3.68. The summed E-state index contributed by atoms with van der Waals surface area (Å²) in [4.78, 5) is 4.50. The van der Waals surface area contributed by atoms with Crippen LogP contribution in [0, 0.1) is 5.92 Å². The molecule has 0 bridgehead atoms. The van der Waals surface area contributed by atoms with E-state index < -0.39 is 0 Å². The normalized spacial score (nSPS) is 21.9. The van der Waals surface area contributed by atoms with Gasteiger partial charge in [-0.05, 0) is 25.2 Å². The van der Waals surface area contributed by atoms with E-state index in [0.717, 1.165) is 18.4 Å². The van der Waals surface area contributed by atoms with Crippen LogP contribution in [0.25, 0.3) is 0 Å². The van der Waals surface area contributed by atoms with Crippen LogP contribution >= 0.6 is 0 Å². The lowest BCUT2D eigenvalue weighted by molar-refractivity contribution is 0.324. The predicted octanol–water partition coefficient (Wildman–Crippen LogP) is 4.21. The first-order valence-electron chi connectivity index (χ1n) is 8.19. The SMILES string of the molecule is c1cn(CCC2CCCCC2)c(NC2CCCC2)n1. The van der Waals surface area contributed by atoms with Crippen LogP contribution in [-0.2, 0) is 6.54 Å². The molecule has 1 N–H and O–H groups in total. The molecule has 3 nitrogen and oxygen atoms in total. The second kappa shape index (κ2) is 6.44. The summed E-state index contributed by atoms with van der Waals surface area (Å²) in [6.07, 6.45) is 18.0. The van der Waals surface area contributed by atoms with Crippen LogP contribution in [0.2, 0.25) is 0 Å². The van der Waals surface area contributed by atoms with Crippen molar-refractivity contribution in [1.82, 2.24) is 9.55 Å². The number of anilines is 1. The smallest absolute Gasteiger partial charge is 0.202 e. The van der Waals surface area contributed by atoms with E-state index in [1.54, 1.807) is 0 Å². The summed E-state index contributed by atoms with van der Waals surface area (Å²) in [5, 5.41) is 3.63. The monoisotopic (exact) mass is 261 g/mol. The number of aromatic nitrogens is 2. The Hall–Kier alpha value is -0.990. The van der Waals surface area contributed by atoms with E-state index in [1.165, 1.54) is 64.2 Å². The van der Waals surface area contributed by atoms with Gasteiger partial charge in [0, 0.05) is 25.0 Å². The molecular formula is C16H27N3. The molecule has 2 aliphatic carbocycles. The zero-order valence-electron chi connectivity index (χ0n) is 12.0. The van der Waals surface area contributed by atoms with Crippen LogP contribution < -0.4 is 5.32 Å². The first-order valence-corrected chi connectivity index (χ1v) is 8.19. The van der Waals surface area contributed by atoms with Crippen molar-refractivity contribution in [2.45, 2.75) is 76.8 Å². The standard InChI is InChI=1S/C16H27N3/c1-2-6-14(7-3-1)10-12-19-13-11-17-16(19)18-15-8-4-5-9-15/h11,13-15H,1-10,12H2,(H,17,18). The molecule has 2 aliphatic rings. The van der Waals surface area contributed by atoms with Gasteiger partial charge < -0.3 is 9.88 Å². The van der Waals surface area contributed by atoms with E-state index in [9.17, 15) is 0 Å². The van der Waals surface area contributed by atoms with E-state index in [2.05, 4.69) is 21.1 Å². The molecule has 1 aromatic rings. The molecule has 106 valence electrons. The molecule has 2 fully saturated rings. The van der Waals surface area contributed by atoms with Gasteiger partial charge in [-0.3, -0.25) is 0 Å². The maximum Gasteiger partial charge on any atom is 0.202 e. The Morgan fingerprint density at radius 3 is 2.58 bits per heavy atom. The number of nitrogens with zero attached hydrogens (tertiary/aromatic N) is 2. The van der Waals surface area contributed by atoms with E-state index >= 15 is 0 Å². The van der Waals surface area contributed by atoms with Crippen LogP contribution in [0.4, 0.5) is 5.95 Å². The lowest BCUT2D eigenvalue weighted by atomic mass is 9.87. The fraction of sp³-hybridized carbons (Fsp3) is 0.812. The van der Waals surface area contributed by atoms with Crippen molar-refractivity contribution in [1.29, 1.82) is 0 Å². The second-order valence-electron chi connectivity index (χ2n) is 6.36. The number of nitrogens with one attached hydrogen (secondary N) is 1. The Kier molecular flexibility index (Phi) is 4.41. The van der Waals surface area contributed by atoms with Crippen LogP contribution in [0.15, 0.2) is 12.4 Å². The minimum atomic E-state index is 0.663. The summed E-state index contributed by atoms with van der Waals surface area (Å²) < 4.78 is 2.33. The molecule has 0 aromatic carbocycles. The van der Waals surface area contributed by atoms with Crippen molar-refractivity contribution in [2.75, 3.05) is 5.32 Å². The summed E-state index contributed by atoms with van der Waals surface area (Å²) in [6.45, 7) is 1.14. The van der Waals surface area contributed by atoms with Crippen molar-refractivity contribution < 1.29 is 0 Å². The van der Waals surface area contributed by atoms with Crippen molar-refractivity contribution in [3.63, 3.8) is 0 Å². The summed E-state index contributed by atoms with van der Waals surface area (Å²) in [6, 6.07) is 0.663. The molecule has 0 spiro atoms. The molecule has 2 saturated carbocycles. The highest BCUT2D eigenvalue weighted by atomic mass is 15.2. The zero-order valence-corrected chi connectivity index (χ0v) is 12.0. The van der Waals surface area contributed by atoms with E-state index in [0.29, 0.717) is 6.04 Å². The van der Waals surface area contributed by atoms with Crippen LogP contribution in [0.5, 0.6) is 0 Å². The van der Waals surface area contributed by atoms with Crippen molar-refractivity contribution in [2.24, 2.45) is 5.92 Å². The maximum absolute atomic E-state index is 4.50. The number of aryl methyl sites for hydroxylation is 1. The van der Waals surface area contributed by atoms with Crippen LogP contribution in [0.3, 0.4) is 0 Å². The topological polar surface area (TPSA) is 29.9 Å². The van der Waals surface area contributed by atoms with Gasteiger partial charge >= 0.3 is 0 Å². The first kappa shape index (κ1) is 13.0. The molecule has 3 rings (SSSR count). The molecule has 0 amide bonds. The third-order valence-corrected chi connectivity index (χ3v) is 4.91. The van der Waals surface area contributed by atoms with E-state index in [1.807, 2.05) is 6.20 Å². The van der Waals surface area contributed by atoms with E-state index in [-0.39, 0.29) is 0 Å². The summed E-state index contributed by atoms with van der Waals surface area (Å²) in [7, 11) is 0. The predicted molar refractivity (Wildman–Crippen MR) is 79.3 cm³/mol.